The molecule has 0 unspecified atom stereocenters. The van der Waals surface area contributed by atoms with Gasteiger partial charge in [-0.2, -0.15) is 0 Å². The van der Waals surface area contributed by atoms with Gasteiger partial charge in [0, 0.05) is 24.7 Å². The Morgan fingerprint density at radius 3 is 2.86 bits per heavy atom. The van der Waals surface area contributed by atoms with E-state index in [-0.39, 0.29) is 24.0 Å². The summed E-state index contributed by atoms with van der Waals surface area (Å²) in [4.78, 5) is 5.64. The van der Waals surface area contributed by atoms with Crippen molar-refractivity contribution in [2.75, 3.05) is 26.0 Å². The summed E-state index contributed by atoms with van der Waals surface area (Å²) in [6.07, 6.45) is 3.02. The number of nitrogens with one attached hydrogen (secondary N) is 1. The van der Waals surface area contributed by atoms with Gasteiger partial charge in [-0.15, -0.1) is 35.7 Å². The Balaban J connectivity index is 0.00000400. The van der Waals surface area contributed by atoms with Crippen LogP contribution in [0.15, 0.2) is 28.1 Å². The summed E-state index contributed by atoms with van der Waals surface area (Å²) in [5, 5.41) is 3.10. The van der Waals surface area contributed by atoms with Crippen molar-refractivity contribution in [2.24, 2.45) is 10.7 Å². The maximum Gasteiger partial charge on any atom is 0.188 e. The average Bonchev–Trinajstić information content (AvgIpc) is 2.45. The van der Waals surface area contributed by atoms with Gasteiger partial charge in [0.25, 0.3) is 0 Å². The number of thioether (sulfide) groups is 1. The molecule has 0 saturated heterocycles. The number of hydrogen-bond donors (Lipinski definition) is 2. The summed E-state index contributed by atoms with van der Waals surface area (Å²) in [6.45, 7) is 7.01. The first kappa shape index (κ1) is 20.5. The molecular formula is C15H26IN3OS. The highest BCUT2D eigenvalue weighted by atomic mass is 127. The number of aliphatic imine (C=N–C) groups is 1. The molecule has 0 saturated carbocycles. The fourth-order valence-corrected chi connectivity index (χ4v) is 2.44. The number of aryl methyl sites for hydroxylation is 1. The lowest BCUT2D eigenvalue weighted by atomic mass is 10.1. The lowest BCUT2D eigenvalue weighted by Crippen LogP contribution is -2.32. The molecule has 0 atom stereocenters. The van der Waals surface area contributed by atoms with E-state index in [4.69, 9.17) is 10.5 Å². The van der Waals surface area contributed by atoms with Gasteiger partial charge in [-0.25, -0.2) is 4.99 Å². The van der Waals surface area contributed by atoms with Crippen LogP contribution in [0.25, 0.3) is 0 Å². The molecule has 4 nitrogen and oxygen atoms in total. The molecule has 0 aromatic heterocycles. The Morgan fingerprint density at radius 1 is 1.43 bits per heavy atom. The Labute approximate surface area is 149 Å². The summed E-state index contributed by atoms with van der Waals surface area (Å²) in [5.41, 5.74) is 8.33. The second-order valence-electron chi connectivity index (χ2n) is 4.49. The lowest BCUT2D eigenvalue weighted by molar-refractivity contribution is 0.145. The van der Waals surface area contributed by atoms with Crippen molar-refractivity contribution in [1.29, 1.82) is 0 Å². The number of halogens is 1. The molecule has 0 amide bonds. The molecule has 1 aromatic carbocycles. The number of ether oxygens (including phenoxy) is 1. The van der Waals surface area contributed by atoms with E-state index in [1.54, 1.807) is 11.8 Å². The van der Waals surface area contributed by atoms with Crippen LogP contribution in [0.4, 0.5) is 0 Å². The van der Waals surface area contributed by atoms with E-state index >= 15 is 0 Å². The van der Waals surface area contributed by atoms with E-state index in [1.165, 1.54) is 16.0 Å². The molecule has 0 bridgehead atoms. The minimum Gasteiger partial charge on any atom is -0.382 e. The quantitative estimate of drug-likeness (QED) is 0.222. The Kier molecular flexibility index (Phi) is 11.8. The predicted octanol–water partition coefficient (Wildman–Crippen LogP) is 3.17. The number of rotatable bonds is 8. The first-order valence-electron chi connectivity index (χ1n) is 6.92. The number of guanidine groups is 1. The fraction of sp³-hybridized carbons (Fsp3) is 0.533. The molecule has 0 heterocycles. The first-order valence-corrected chi connectivity index (χ1v) is 8.15. The summed E-state index contributed by atoms with van der Waals surface area (Å²) >= 11 is 1.74. The van der Waals surface area contributed by atoms with Crippen molar-refractivity contribution in [3.05, 3.63) is 29.3 Å². The van der Waals surface area contributed by atoms with Gasteiger partial charge < -0.3 is 15.8 Å². The third kappa shape index (κ3) is 8.53. The van der Waals surface area contributed by atoms with Crippen molar-refractivity contribution < 1.29 is 4.74 Å². The summed E-state index contributed by atoms with van der Waals surface area (Å²) < 4.78 is 5.26. The number of nitrogens with two attached hydrogens (primary N) is 1. The molecule has 0 aliphatic heterocycles. The van der Waals surface area contributed by atoms with E-state index < -0.39 is 0 Å². The number of hydrogen-bond acceptors (Lipinski definition) is 3. The number of nitrogens with zero attached hydrogens (tertiary/aromatic N) is 1. The Bertz CT molecular complexity index is 441. The molecule has 3 N–H and O–H groups in total. The van der Waals surface area contributed by atoms with Crippen LogP contribution in [0.2, 0.25) is 0 Å². The van der Waals surface area contributed by atoms with Crippen LogP contribution in [0.5, 0.6) is 0 Å². The van der Waals surface area contributed by atoms with E-state index in [9.17, 15) is 0 Å². The third-order valence-electron chi connectivity index (χ3n) is 2.84. The molecule has 0 fully saturated rings. The van der Waals surface area contributed by atoms with Crippen molar-refractivity contribution in [1.82, 2.24) is 5.32 Å². The molecule has 0 aliphatic rings. The maximum absolute atomic E-state index is 5.85. The van der Waals surface area contributed by atoms with Gasteiger partial charge >= 0.3 is 0 Å². The van der Waals surface area contributed by atoms with Crippen LogP contribution in [-0.2, 0) is 11.3 Å². The average molecular weight is 423 g/mol. The van der Waals surface area contributed by atoms with Gasteiger partial charge in [-0.1, -0.05) is 12.1 Å². The van der Waals surface area contributed by atoms with Crippen molar-refractivity contribution >= 4 is 41.7 Å². The van der Waals surface area contributed by atoms with E-state index in [2.05, 4.69) is 41.7 Å². The van der Waals surface area contributed by atoms with Crippen LogP contribution in [0.1, 0.15) is 24.5 Å². The molecule has 120 valence electrons. The van der Waals surface area contributed by atoms with Crippen molar-refractivity contribution in [2.45, 2.75) is 31.7 Å². The second-order valence-corrected chi connectivity index (χ2v) is 5.34. The van der Waals surface area contributed by atoms with Gasteiger partial charge in [0.15, 0.2) is 5.96 Å². The highest BCUT2D eigenvalue weighted by Gasteiger charge is 2.01. The van der Waals surface area contributed by atoms with Crippen molar-refractivity contribution in [3.63, 3.8) is 0 Å². The minimum absolute atomic E-state index is 0. The van der Waals surface area contributed by atoms with Crippen LogP contribution >= 0.6 is 35.7 Å². The standard InChI is InChI=1S/C15H25N3OS.HI/c1-4-19-9-5-8-17-15(16)18-11-13-7-6-12(2)10-14(13)20-3;/h6-7,10H,4-5,8-9,11H2,1-3H3,(H3,16,17,18);1H. The second kappa shape index (κ2) is 12.1. The van der Waals surface area contributed by atoms with Gasteiger partial charge in [0.2, 0.25) is 0 Å². The molecule has 0 spiro atoms. The molecule has 0 radical (unpaired) electrons. The molecule has 21 heavy (non-hydrogen) atoms. The molecular weight excluding hydrogens is 397 g/mol. The largest absolute Gasteiger partial charge is 0.382 e. The van der Waals surface area contributed by atoms with Crippen molar-refractivity contribution in [3.8, 4) is 0 Å². The zero-order valence-corrected chi connectivity index (χ0v) is 16.2. The minimum atomic E-state index is 0. The van der Waals surface area contributed by atoms with Gasteiger partial charge in [-0.3, -0.25) is 0 Å². The first-order chi connectivity index (χ1) is 9.67. The zero-order valence-electron chi connectivity index (χ0n) is 13.0. The fourth-order valence-electron chi connectivity index (χ4n) is 1.74. The number of benzene rings is 1. The van der Waals surface area contributed by atoms with Gasteiger partial charge in [0.1, 0.15) is 0 Å². The molecule has 0 aliphatic carbocycles. The normalized spacial score (nSPS) is 11.1. The summed E-state index contributed by atoms with van der Waals surface area (Å²) in [6, 6.07) is 6.41. The van der Waals surface area contributed by atoms with E-state index in [0.717, 1.165) is 26.2 Å². The predicted molar refractivity (Wildman–Crippen MR) is 103 cm³/mol. The SMILES string of the molecule is CCOCCCNC(N)=NCc1ccc(C)cc1SC.I. The molecule has 1 aromatic rings. The lowest BCUT2D eigenvalue weighted by Gasteiger charge is -2.08. The highest BCUT2D eigenvalue weighted by Crippen LogP contribution is 2.22. The van der Waals surface area contributed by atoms with E-state index in [1.807, 2.05) is 6.92 Å². The highest BCUT2D eigenvalue weighted by molar-refractivity contribution is 14.0. The molecule has 6 heteroatoms. The van der Waals surface area contributed by atoms with Gasteiger partial charge in [-0.05, 0) is 43.7 Å². The Morgan fingerprint density at radius 2 is 2.19 bits per heavy atom. The Hall–Kier alpha value is -0.470. The van der Waals surface area contributed by atoms with Gasteiger partial charge in [0.05, 0.1) is 6.54 Å². The van der Waals surface area contributed by atoms with E-state index in [0.29, 0.717) is 12.5 Å². The summed E-state index contributed by atoms with van der Waals surface area (Å²) in [7, 11) is 0. The smallest absolute Gasteiger partial charge is 0.188 e. The zero-order chi connectivity index (χ0) is 14.8. The monoisotopic (exact) mass is 423 g/mol. The maximum atomic E-state index is 5.85. The van der Waals surface area contributed by atoms with Crippen LogP contribution in [0, 0.1) is 6.92 Å². The van der Waals surface area contributed by atoms with Crippen LogP contribution in [-0.4, -0.2) is 32.0 Å². The third-order valence-corrected chi connectivity index (χ3v) is 3.66. The molecule has 1 rings (SSSR count). The summed E-state index contributed by atoms with van der Waals surface area (Å²) in [5.74, 6) is 0.495. The topological polar surface area (TPSA) is 59.6 Å². The van der Waals surface area contributed by atoms with Crippen LogP contribution in [0.3, 0.4) is 0 Å². The van der Waals surface area contributed by atoms with Crippen LogP contribution < -0.4 is 11.1 Å².